The molecule has 0 radical (unpaired) electrons. The minimum Gasteiger partial charge on any atom is -0.458 e. The zero-order chi connectivity index (χ0) is 10.2. The average molecular weight is 194 g/mol. The Morgan fingerprint density at radius 1 is 1.43 bits per heavy atom. The molecule has 0 aliphatic carbocycles. The van der Waals surface area contributed by atoms with E-state index in [4.69, 9.17) is 4.74 Å². The molecule has 78 valence electrons. The molecule has 0 fully saturated rings. The van der Waals surface area contributed by atoms with Crippen molar-refractivity contribution in [3.63, 3.8) is 0 Å². The van der Waals surface area contributed by atoms with Crippen molar-refractivity contribution in [3.8, 4) is 0 Å². The van der Waals surface area contributed by atoms with E-state index in [0.29, 0.717) is 6.61 Å². The van der Waals surface area contributed by atoms with Crippen LogP contribution in [0.15, 0.2) is 23.8 Å². The first-order valence-electron chi connectivity index (χ1n) is 5.37. The Morgan fingerprint density at radius 3 is 2.93 bits per heavy atom. The van der Waals surface area contributed by atoms with Crippen molar-refractivity contribution >= 4 is 5.97 Å². The van der Waals surface area contributed by atoms with Crippen LogP contribution in [0, 0.1) is 0 Å². The number of hydrogen-bond acceptors (Lipinski definition) is 2. The quantitative estimate of drug-likeness (QED) is 0.480. The van der Waals surface area contributed by atoms with Gasteiger partial charge in [0.1, 0.15) is 6.61 Å². The van der Waals surface area contributed by atoms with Crippen LogP contribution >= 0.6 is 0 Å². The summed E-state index contributed by atoms with van der Waals surface area (Å²) in [5, 5.41) is 0. The molecule has 1 heterocycles. The number of ether oxygens (including phenoxy) is 1. The van der Waals surface area contributed by atoms with Gasteiger partial charge in [0.15, 0.2) is 0 Å². The molecule has 0 saturated carbocycles. The molecular weight excluding hydrogens is 176 g/mol. The van der Waals surface area contributed by atoms with Gasteiger partial charge in [-0.2, -0.15) is 0 Å². The van der Waals surface area contributed by atoms with Gasteiger partial charge in [-0.3, -0.25) is 0 Å². The number of carbonyl (C=O) groups excluding carboxylic acids is 1. The lowest BCUT2D eigenvalue weighted by Crippen LogP contribution is -1.90. The molecule has 0 unspecified atom stereocenters. The van der Waals surface area contributed by atoms with Gasteiger partial charge in [0, 0.05) is 6.08 Å². The van der Waals surface area contributed by atoms with Crippen LogP contribution in [0.5, 0.6) is 0 Å². The Kier molecular flexibility index (Phi) is 5.05. The molecule has 0 aromatic rings. The van der Waals surface area contributed by atoms with Gasteiger partial charge < -0.3 is 4.74 Å². The van der Waals surface area contributed by atoms with Gasteiger partial charge in [-0.25, -0.2) is 4.79 Å². The summed E-state index contributed by atoms with van der Waals surface area (Å²) in [7, 11) is 0. The minimum absolute atomic E-state index is 0.212. The predicted octanol–water partition coefficient (Wildman–Crippen LogP) is 3.00. The third kappa shape index (κ3) is 4.26. The highest BCUT2D eigenvalue weighted by atomic mass is 16.5. The summed E-state index contributed by atoms with van der Waals surface area (Å²) in [4.78, 5) is 10.7. The molecule has 0 saturated heterocycles. The van der Waals surface area contributed by atoms with Gasteiger partial charge in [0.05, 0.1) is 0 Å². The Hall–Kier alpha value is -1.05. The van der Waals surface area contributed by atoms with Gasteiger partial charge in [0.2, 0.25) is 0 Å². The number of carbonyl (C=O) groups is 1. The van der Waals surface area contributed by atoms with Crippen molar-refractivity contribution in [1.82, 2.24) is 0 Å². The van der Waals surface area contributed by atoms with E-state index in [1.807, 2.05) is 6.08 Å². The average Bonchev–Trinajstić information content (AvgIpc) is 2.58. The highest BCUT2D eigenvalue weighted by Gasteiger charge is 2.08. The molecule has 1 aliphatic rings. The lowest BCUT2D eigenvalue weighted by molar-refractivity contribution is -0.134. The molecule has 0 N–H and O–H groups in total. The van der Waals surface area contributed by atoms with Crippen molar-refractivity contribution in [3.05, 3.63) is 23.8 Å². The minimum atomic E-state index is -0.212. The molecule has 2 nitrogen and oxygen atoms in total. The van der Waals surface area contributed by atoms with E-state index < -0.39 is 0 Å². The highest BCUT2D eigenvalue weighted by Crippen LogP contribution is 2.09. The van der Waals surface area contributed by atoms with E-state index in [2.05, 4.69) is 13.0 Å². The van der Waals surface area contributed by atoms with Gasteiger partial charge in [-0.1, -0.05) is 38.3 Å². The first-order valence-corrected chi connectivity index (χ1v) is 5.37. The van der Waals surface area contributed by atoms with E-state index in [-0.39, 0.29) is 5.97 Å². The van der Waals surface area contributed by atoms with Crippen LogP contribution in [0.4, 0.5) is 0 Å². The molecule has 14 heavy (non-hydrogen) atoms. The second-order valence-electron chi connectivity index (χ2n) is 3.58. The summed E-state index contributed by atoms with van der Waals surface area (Å²) < 4.78 is 4.78. The molecule has 0 amide bonds. The van der Waals surface area contributed by atoms with Crippen molar-refractivity contribution in [2.24, 2.45) is 0 Å². The third-order valence-corrected chi connectivity index (χ3v) is 2.24. The zero-order valence-electron chi connectivity index (χ0n) is 8.79. The summed E-state index contributed by atoms with van der Waals surface area (Å²) in [5.41, 5.74) is 0.991. The van der Waals surface area contributed by atoms with Crippen molar-refractivity contribution in [2.45, 2.75) is 39.0 Å². The van der Waals surface area contributed by atoms with E-state index in [1.165, 1.54) is 25.7 Å². The van der Waals surface area contributed by atoms with Crippen LogP contribution in [-0.2, 0) is 9.53 Å². The molecule has 2 heteroatoms. The molecule has 1 rings (SSSR count). The number of unbranched alkanes of at least 4 members (excludes halogenated alkanes) is 4. The fraction of sp³-hybridized carbons (Fsp3) is 0.583. The largest absolute Gasteiger partial charge is 0.458 e. The Balaban J connectivity index is 2.09. The number of allylic oxidation sites excluding steroid dienone is 1. The van der Waals surface area contributed by atoms with Crippen molar-refractivity contribution < 1.29 is 9.53 Å². The highest BCUT2D eigenvalue weighted by molar-refractivity contribution is 5.85. The molecule has 0 atom stereocenters. The smallest absolute Gasteiger partial charge is 0.331 e. The third-order valence-electron chi connectivity index (χ3n) is 2.24. The topological polar surface area (TPSA) is 26.3 Å². The van der Waals surface area contributed by atoms with Gasteiger partial charge in [0.25, 0.3) is 0 Å². The second kappa shape index (κ2) is 6.41. The monoisotopic (exact) mass is 194 g/mol. The van der Waals surface area contributed by atoms with Crippen LogP contribution in [0.1, 0.15) is 39.0 Å². The van der Waals surface area contributed by atoms with Crippen LogP contribution < -0.4 is 0 Å². The van der Waals surface area contributed by atoms with E-state index >= 15 is 0 Å². The van der Waals surface area contributed by atoms with E-state index in [9.17, 15) is 4.79 Å². The number of hydrogen-bond donors (Lipinski definition) is 0. The van der Waals surface area contributed by atoms with Crippen LogP contribution in [0.25, 0.3) is 0 Å². The summed E-state index contributed by atoms with van der Waals surface area (Å²) in [6, 6.07) is 0. The SMILES string of the molecule is CCCCCC/C=C/C1=CC(=O)OC1. The molecule has 0 aromatic heterocycles. The number of cyclic esters (lactones) is 1. The number of rotatable bonds is 6. The van der Waals surface area contributed by atoms with Gasteiger partial charge in [-0.05, 0) is 18.4 Å². The maximum Gasteiger partial charge on any atom is 0.331 e. The van der Waals surface area contributed by atoms with Gasteiger partial charge >= 0.3 is 5.97 Å². The maximum absolute atomic E-state index is 10.7. The summed E-state index contributed by atoms with van der Waals surface area (Å²) >= 11 is 0. The number of esters is 1. The Morgan fingerprint density at radius 2 is 2.29 bits per heavy atom. The molecule has 0 bridgehead atoms. The predicted molar refractivity (Wildman–Crippen MR) is 56.9 cm³/mol. The van der Waals surface area contributed by atoms with Gasteiger partial charge in [-0.15, -0.1) is 0 Å². The molecule has 0 spiro atoms. The van der Waals surface area contributed by atoms with Crippen LogP contribution in [0.3, 0.4) is 0 Å². The second-order valence-corrected chi connectivity index (χ2v) is 3.58. The zero-order valence-corrected chi connectivity index (χ0v) is 8.79. The summed E-state index contributed by atoms with van der Waals surface area (Å²) in [5.74, 6) is -0.212. The summed E-state index contributed by atoms with van der Waals surface area (Å²) in [6.07, 6.45) is 11.9. The van der Waals surface area contributed by atoms with Crippen molar-refractivity contribution in [1.29, 1.82) is 0 Å². The Labute approximate surface area is 85.6 Å². The van der Waals surface area contributed by atoms with E-state index in [1.54, 1.807) is 6.08 Å². The maximum atomic E-state index is 10.7. The van der Waals surface area contributed by atoms with Crippen LogP contribution in [0.2, 0.25) is 0 Å². The molecule has 1 aliphatic heterocycles. The lowest BCUT2D eigenvalue weighted by Gasteiger charge is -1.94. The molecule has 0 aromatic carbocycles. The normalized spacial score (nSPS) is 16.1. The standard InChI is InChI=1S/C12H18O2/c1-2-3-4-5-6-7-8-11-9-12(13)14-10-11/h7-9H,2-6,10H2,1H3/b8-7+. The van der Waals surface area contributed by atoms with Crippen molar-refractivity contribution in [2.75, 3.05) is 6.61 Å². The molecular formula is C12H18O2. The first kappa shape index (κ1) is 11.0. The summed E-state index contributed by atoms with van der Waals surface area (Å²) in [6.45, 7) is 2.66. The first-order chi connectivity index (χ1) is 6.83. The fourth-order valence-electron chi connectivity index (χ4n) is 1.41. The lowest BCUT2D eigenvalue weighted by atomic mass is 10.1. The van der Waals surface area contributed by atoms with E-state index in [0.717, 1.165) is 12.0 Å². The Bertz CT molecular complexity index is 239. The van der Waals surface area contributed by atoms with Crippen LogP contribution in [-0.4, -0.2) is 12.6 Å². The fourth-order valence-corrected chi connectivity index (χ4v) is 1.41.